The predicted molar refractivity (Wildman–Crippen MR) is 145 cm³/mol. The summed E-state index contributed by atoms with van der Waals surface area (Å²) in [6.45, 7) is 3.20. The van der Waals surface area contributed by atoms with Crippen molar-refractivity contribution in [3.05, 3.63) is 71.8 Å². The zero-order chi connectivity index (χ0) is 26.8. The number of rotatable bonds is 9. The van der Waals surface area contributed by atoms with Gasteiger partial charge < -0.3 is 21.1 Å². The Labute approximate surface area is 219 Å². The average molecular weight is 541 g/mol. The van der Waals surface area contributed by atoms with Crippen LogP contribution < -0.4 is 25.8 Å². The molecule has 10 nitrogen and oxygen atoms in total. The number of ether oxygens (including phenoxy) is 1. The van der Waals surface area contributed by atoms with Gasteiger partial charge in [0.05, 0.1) is 33.7 Å². The van der Waals surface area contributed by atoms with E-state index in [9.17, 15) is 13.2 Å². The van der Waals surface area contributed by atoms with E-state index in [4.69, 9.17) is 22.1 Å². The first-order chi connectivity index (χ1) is 17.5. The maximum absolute atomic E-state index is 13.4. The van der Waals surface area contributed by atoms with Crippen LogP contribution in [0.25, 0.3) is 11.0 Å². The first kappa shape index (κ1) is 26.0. The van der Waals surface area contributed by atoms with Gasteiger partial charge in [-0.3, -0.25) is 9.52 Å². The summed E-state index contributed by atoms with van der Waals surface area (Å²) in [5, 5.41) is 6.38. The molecule has 37 heavy (non-hydrogen) atoms. The number of fused-ring (bicyclic) bond motifs is 1. The summed E-state index contributed by atoms with van der Waals surface area (Å²) >= 11 is 6.35. The molecule has 1 heterocycles. The van der Waals surface area contributed by atoms with E-state index in [0.29, 0.717) is 33.2 Å². The van der Waals surface area contributed by atoms with Crippen LogP contribution in [0.4, 0.5) is 23.0 Å². The maximum Gasteiger partial charge on any atom is 0.263 e. The third-order valence-corrected chi connectivity index (χ3v) is 7.11. The van der Waals surface area contributed by atoms with Crippen molar-refractivity contribution in [3.8, 4) is 5.75 Å². The fourth-order valence-corrected chi connectivity index (χ4v) is 4.58. The van der Waals surface area contributed by atoms with Gasteiger partial charge in [-0.25, -0.2) is 18.4 Å². The molecule has 0 radical (unpaired) electrons. The second-order valence-corrected chi connectivity index (χ2v) is 10.7. The molecular formula is C25H25ClN6O4S. The lowest BCUT2D eigenvalue weighted by atomic mass is 10.0. The highest BCUT2D eigenvalue weighted by molar-refractivity contribution is 7.92. The number of halogens is 1. The number of nitrogens with one attached hydrogen (secondary N) is 3. The van der Waals surface area contributed by atoms with Crippen molar-refractivity contribution in [1.29, 1.82) is 0 Å². The molecule has 4 rings (SSSR count). The first-order valence-electron chi connectivity index (χ1n) is 11.1. The molecule has 12 heteroatoms. The van der Waals surface area contributed by atoms with Gasteiger partial charge in [0, 0.05) is 11.8 Å². The molecule has 3 aromatic carbocycles. The zero-order valence-electron chi connectivity index (χ0n) is 20.2. The highest BCUT2D eigenvalue weighted by Gasteiger charge is 2.25. The average Bonchev–Trinajstić information content (AvgIpc) is 2.85. The Balaban J connectivity index is 1.73. The van der Waals surface area contributed by atoms with Gasteiger partial charge in [-0.15, -0.1) is 0 Å². The minimum Gasteiger partial charge on any atom is -0.497 e. The van der Waals surface area contributed by atoms with Crippen molar-refractivity contribution < 1.29 is 17.9 Å². The lowest BCUT2D eigenvalue weighted by molar-refractivity contribution is -0.121. The molecule has 192 valence electrons. The lowest BCUT2D eigenvalue weighted by Gasteiger charge is -2.24. The molecule has 5 N–H and O–H groups in total. The van der Waals surface area contributed by atoms with Crippen molar-refractivity contribution in [2.75, 3.05) is 22.5 Å². The predicted octanol–water partition coefficient (Wildman–Crippen LogP) is 4.51. The minimum absolute atomic E-state index is 0.0339. The number of sulfonamides is 1. The lowest BCUT2D eigenvalue weighted by Crippen LogP contribution is -2.45. The summed E-state index contributed by atoms with van der Waals surface area (Å²) < 4.78 is 34.6. The largest absolute Gasteiger partial charge is 0.497 e. The molecule has 0 unspecified atom stereocenters. The van der Waals surface area contributed by atoms with Crippen LogP contribution in [0.3, 0.4) is 0 Å². The third-order valence-electron chi connectivity index (χ3n) is 5.45. The van der Waals surface area contributed by atoms with Crippen molar-refractivity contribution in [3.63, 3.8) is 0 Å². The SMILES string of the molecule is COc1ccc(Cl)c(Nc2nc3ccccc3nc2NS(=O)(=O)c2cccc(NC(C)(C)C(N)=O)c2)c1. The molecule has 4 aromatic rings. The minimum atomic E-state index is -4.12. The van der Waals surface area contributed by atoms with Crippen molar-refractivity contribution >= 4 is 61.6 Å². The Kier molecular flexibility index (Phi) is 7.10. The van der Waals surface area contributed by atoms with E-state index in [1.54, 1.807) is 68.4 Å². The van der Waals surface area contributed by atoms with Crippen LogP contribution in [0, 0.1) is 0 Å². The molecule has 1 amide bonds. The standard InChI is InChI=1S/C25H25ClN6O4S/c1-25(2,24(27)33)31-15-7-6-8-17(13-15)37(34,35)32-23-22(28-19-9-4-5-10-20(19)29-23)30-21-14-16(36-3)11-12-18(21)26/h4-14,31H,1-3H3,(H2,27,33)(H,28,30)(H,29,32). The van der Waals surface area contributed by atoms with E-state index in [1.807, 2.05) is 0 Å². The molecule has 0 aliphatic heterocycles. The second-order valence-electron chi connectivity index (χ2n) is 8.63. The molecule has 0 atom stereocenters. The highest BCUT2D eigenvalue weighted by Crippen LogP contribution is 2.33. The first-order valence-corrected chi connectivity index (χ1v) is 12.9. The van der Waals surface area contributed by atoms with E-state index < -0.39 is 21.5 Å². The van der Waals surface area contributed by atoms with Gasteiger partial charge in [0.1, 0.15) is 11.3 Å². The Morgan fingerprint density at radius 2 is 1.65 bits per heavy atom. The number of aromatic nitrogens is 2. The Morgan fingerprint density at radius 3 is 2.30 bits per heavy atom. The summed E-state index contributed by atoms with van der Waals surface area (Å²) in [4.78, 5) is 20.7. The summed E-state index contributed by atoms with van der Waals surface area (Å²) in [5.41, 5.74) is 6.22. The summed E-state index contributed by atoms with van der Waals surface area (Å²) in [6.07, 6.45) is 0. The number of amides is 1. The van der Waals surface area contributed by atoms with Gasteiger partial charge in [-0.2, -0.15) is 0 Å². The number of nitrogens with two attached hydrogens (primary N) is 1. The summed E-state index contributed by atoms with van der Waals surface area (Å²) in [5.74, 6) is 0.0678. The number of carbonyl (C=O) groups excluding carboxylic acids is 1. The maximum atomic E-state index is 13.4. The quantitative estimate of drug-likeness (QED) is 0.242. The number of anilines is 4. The number of hydrogen-bond donors (Lipinski definition) is 4. The normalized spacial score (nSPS) is 11.7. The molecule has 0 saturated heterocycles. The van der Waals surface area contributed by atoms with Gasteiger partial charge in [0.25, 0.3) is 10.0 Å². The van der Waals surface area contributed by atoms with Crippen LogP contribution in [0.5, 0.6) is 5.75 Å². The Morgan fingerprint density at radius 1 is 0.973 bits per heavy atom. The van der Waals surface area contributed by atoms with E-state index in [-0.39, 0.29) is 16.5 Å². The van der Waals surface area contributed by atoms with E-state index >= 15 is 0 Å². The fraction of sp³-hybridized carbons (Fsp3) is 0.160. The molecule has 0 fully saturated rings. The van der Waals surface area contributed by atoms with Crippen molar-refractivity contribution in [2.45, 2.75) is 24.3 Å². The number of nitrogens with zero attached hydrogens (tertiary/aromatic N) is 2. The van der Waals surface area contributed by atoms with Gasteiger partial charge in [-0.05, 0) is 56.3 Å². The van der Waals surface area contributed by atoms with Crippen LogP contribution in [-0.4, -0.2) is 36.9 Å². The van der Waals surface area contributed by atoms with Crippen molar-refractivity contribution in [2.24, 2.45) is 5.73 Å². The number of hydrogen-bond acceptors (Lipinski definition) is 8. The molecule has 0 aliphatic carbocycles. The number of carbonyl (C=O) groups is 1. The van der Waals surface area contributed by atoms with Gasteiger partial charge in [0.2, 0.25) is 5.91 Å². The number of primary amides is 1. The van der Waals surface area contributed by atoms with E-state index in [2.05, 4.69) is 25.3 Å². The number of methoxy groups -OCH3 is 1. The smallest absolute Gasteiger partial charge is 0.263 e. The molecule has 0 aliphatic rings. The highest BCUT2D eigenvalue weighted by atomic mass is 35.5. The summed E-state index contributed by atoms with van der Waals surface area (Å²) in [7, 11) is -2.60. The summed E-state index contributed by atoms with van der Waals surface area (Å²) in [6, 6.07) is 18.1. The number of benzene rings is 3. The van der Waals surface area contributed by atoms with Gasteiger partial charge in [0.15, 0.2) is 11.6 Å². The molecule has 0 saturated carbocycles. The Bertz CT molecular complexity index is 1590. The molecule has 1 aromatic heterocycles. The molecule has 0 bridgehead atoms. The zero-order valence-corrected chi connectivity index (χ0v) is 21.8. The van der Waals surface area contributed by atoms with Crippen LogP contribution >= 0.6 is 11.6 Å². The topological polar surface area (TPSA) is 148 Å². The van der Waals surface area contributed by atoms with Gasteiger partial charge >= 0.3 is 0 Å². The van der Waals surface area contributed by atoms with E-state index in [0.717, 1.165) is 0 Å². The van der Waals surface area contributed by atoms with Gasteiger partial charge in [-0.1, -0.05) is 29.8 Å². The van der Waals surface area contributed by atoms with Crippen LogP contribution in [0.1, 0.15) is 13.8 Å². The van der Waals surface area contributed by atoms with Crippen molar-refractivity contribution in [1.82, 2.24) is 9.97 Å². The van der Waals surface area contributed by atoms with E-state index in [1.165, 1.54) is 19.2 Å². The monoisotopic (exact) mass is 540 g/mol. The fourth-order valence-electron chi connectivity index (χ4n) is 3.36. The van der Waals surface area contributed by atoms with Crippen LogP contribution in [0.15, 0.2) is 71.6 Å². The third kappa shape index (κ3) is 5.84. The Hall–Kier alpha value is -4.09. The van der Waals surface area contributed by atoms with Crippen LogP contribution in [0.2, 0.25) is 5.02 Å². The molecule has 0 spiro atoms. The molecular weight excluding hydrogens is 516 g/mol. The second kappa shape index (κ2) is 10.1. The van der Waals surface area contributed by atoms with Crippen LogP contribution in [-0.2, 0) is 14.8 Å². The number of para-hydroxylation sites is 2.